The Kier molecular flexibility index (Phi) is 3.52. The minimum atomic E-state index is 0.512. The Morgan fingerprint density at radius 3 is 2.61 bits per heavy atom. The molecule has 18 heavy (non-hydrogen) atoms. The van der Waals surface area contributed by atoms with Gasteiger partial charge in [0.1, 0.15) is 17.5 Å². The van der Waals surface area contributed by atoms with E-state index in [0.29, 0.717) is 11.6 Å². The van der Waals surface area contributed by atoms with Gasteiger partial charge in [0, 0.05) is 15.7 Å². The van der Waals surface area contributed by atoms with Crippen LogP contribution in [0, 0.1) is 20.8 Å². The number of aryl methyl sites for hydroxylation is 2. The summed E-state index contributed by atoms with van der Waals surface area (Å²) in [6.07, 6.45) is 0. The summed E-state index contributed by atoms with van der Waals surface area (Å²) >= 11 is 3.46. The molecule has 0 amide bonds. The molecule has 0 aliphatic heterocycles. The number of nitrogens with one attached hydrogen (secondary N) is 1. The molecule has 1 aromatic heterocycles. The van der Waals surface area contributed by atoms with Gasteiger partial charge in [-0.15, -0.1) is 0 Å². The Balaban J connectivity index is 2.43. The van der Waals surface area contributed by atoms with Gasteiger partial charge in [-0.25, -0.2) is 9.97 Å². The van der Waals surface area contributed by atoms with Gasteiger partial charge in [0.05, 0.1) is 0 Å². The third kappa shape index (κ3) is 2.61. The summed E-state index contributed by atoms with van der Waals surface area (Å²) in [5, 5.41) is 3.30. The first kappa shape index (κ1) is 12.8. The van der Waals surface area contributed by atoms with Crippen LogP contribution in [-0.4, -0.2) is 9.97 Å². The highest BCUT2D eigenvalue weighted by Gasteiger charge is 2.08. The lowest BCUT2D eigenvalue weighted by molar-refractivity contribution is 1.04. The highest BCUT2D eigenvalue weighted by atomic mass is 79.9. The summed E-state index contributed by atoms with van der Waals surface area (Å²) in [5.41, 5.74) is 8.85. The molecule has 1 aromatic carbocycles. The van der Waals surface area contributed by atoms with Crippen LogP contribution in [0.3, 0.4) is 0 Å². The number of hydrogen-bond acceptors (Lipinski definition) is 4. The Morgan fingerprint density at radius 2 is 1.89 bits per heavy atom. The predicted molar refractivity (Wildman–Crippen MR) is 78.1 cm³/mol. The predicted octanol–water partition coefficient (Wildman–Crippen LogP) is 3.49. The molecule has 2 aromatic rings. The van der Waals surface area contributed by atoms with E-state index in [-0.39, 0.29) is 0 Å². The van der Waals surface area contributed by atoms with Crippen molar-refractivity contribution in [2.24, 2.45) is 0 Å². The van der Waals surface area contributed by atoms with Gasteiger partial charge in [0.15, 0.2) is 0 Å². The normalized spacial score (nSPS) is 10.4. The van der Waals surface area contributed by atoms with Gasteiger partial charge in [-0.1, -0.05) is 22.0 Å². The second kappa shape index (κ2) is 4.94. The molecule has 0 aliphatic rings. The molecule has 1 heterocycles. The van der Waals surface area contributed by atoms with Crippen LogP contribution in [0.25, 0.3) is 0 Å². The zero-order chi connectivity index (χ0) is 13.3. The highest BCUT2D eigenvalue weighted by Crippen LogP contribution is 2.26. The summed E-state index contributed by atoms with van der Waals surface area (Å²) in [4.78, 5) is 8.51. The molecule has 5 heteroatoms. The number of nitrogen functional groups attached to an aromatic ring is 1. The fourth-order valence-corrected chi connectivity index (χ4v) is 1.99. The number of aromatic nitrogens is 2. The number of nitrogens with zero attached hydrogens (tertiary/aromatic N) is 2. The minimum Gasteiger partial charge on any atom is -0.383 e. The van der Waals surface area contributed by atoms with Crippen molar-refractivity contribution in [2.75, 3.05) is 11.1 Å². The van der Waals surface area contributed by atoms with Crippen LogP contribution in [-0.2, 0) is 0 Å². The number of benzene rings is 1. The summed E-state index contributed by atoms with van der Waals surface area (Å²) < 4.78 is 1.02. The van der Waals surface area contributed by atoms with E-state index in [1.807, 2.05) is 39.0 Å². The highest BCUT2D eigenvalue weighted by molar-refractivity contribution is 9.10. The topological polar surface area (TPSA) is 63.8 Å². The molecule has 0 radical (unpaired) electrons. The maximum atomic E-state index is 5.84. The Morgan fingerprint density at radius 1 is 1.17 bits per heavy atom. The third-order valence-corrected chi connectivity index (χ3v) is 3.24. The lowest BCUT2D eigenvalue weighted by Crippen LogP contribution is -2.05. The maximum Gasteiger partial charge on any atom is 0.139 e. The van der Waals surface area contributed by atoms with Gasteiger partial charge in [-0.05, 0) is 38.5 Å². The van der Waals surface area contributed by atoms with Crippen molar-refractivity contribution < 1.29 is 0 Å². The van der Waals surface area contributed by atoms with Crippen molar-refractivity contribution in [2.45, 2.75) is 20.8 Å². The van der Waals surface area contributed by atoms with Crippen molar-refractivity contribution in [1.29, 1.82) is 0 Å². The Bertz CT molecular complexity index is 596. The van der Waals surface area contributed by atoms with E-state index in [2.05, 4.69) is 31.2 Å². The molecular formula is C13H15BrN4. The molecular weight excluding hydrogens is 292 g/mol. The average Bonchev–Trinajstić information content (AvgIpc) is 2.30. The summed E-state index contributed by atoms with van der Waals surface area (Å²) in [6, 6.07) is 6.06. The largest absolute Gasteiger partial charge is 0.383 e. The standard InChI is InChI=1S/C13H15BrN4/c1-7-4-5-10(14)6-11(7)18-13-8(2)12(15)16-9(3)17-13/h4-6H,1-3H3,(H3,15,16,17,18). The van der Waals surface area contributed by atoms with Gasteiger partial charge in [-0.3, -0.25) is 0 Å². The van der Waals surface area contributed by atoms with Gasteiger partial charge < -0.3 is 11.1 Å². The Hall–Kier alpha value is -1.62. The van der Waals surface area contributed by atoms with Gasteiger partial charge in [-0.2, -0.15) is 0 Å². The molecule has 0 bridgehead atoms. The van der Waals surface area contributed by atoms with Crippen LogP contribution in [0.15, 0.2) is 22.7 Å². The molecule has 94 valence electrons. The van der Waals surface area contributed by atoms with Crippen LogP contribution in [0.5, 0.6) is 0 Å². The van der Waals surface area contributed by atoms with Crippen LogP contribution in [0.1, 0.15) is 17.0 Å². The second-order valence-electron chi connectivity index (χ2n) is 4.21. The lowest BCUT2D eigenvalue weighted by atomic mass is 10.2. The monoisotopic (exact) mass is 306 g/mol. The first-order valence-corrected chi connectivity index (χ1v) is 6.40. The smallest absolute Gasteiger partial charge is 0.139 e. The van der Waals surface area contributed by atoms with E-state index < -0.39 is 0 Å². The van der Waals surface area contributed by atoms with E-state index in [0.717, 1.165) is 27.1 Å². The molecule has 0 aliphatic carbocycles. The molecule has 0 fully saturated rings. The van der Waals surface area contributed by atoms with Crippen LogP contribution in [0.2, 0.25) is 0 Å². The van der Waals surface area contributed by atoms with Gasteiger partial charge in [0.2, 0.25) is 0 Å². The van der Waals surface area contributed by atoms with Crippen molar-refractivity contribution >= 4 is 33.3 Å². The zero-order valence-corrected chi connectivity index (χ0v) is 12.2. The number of nitrogens with two attached hydrogens (primary N) is 1. The molecule has 4 nitrogen and oxygen atoms in total. The summed E-state index contributed by atoms with van der Waals surface area (Å²) in [6.45, 7) is 5.78. The minimum absolute atomic E-state index is 0.512. The van der Waals surface area contributed by atoms with Gasteiger partial charge in [0.25, 0.3) is 0 Å². The van der Waals surface area contributed by atoms with E-state index in [1.165, 1.54) is 0 Å². The van der Waals surface area contributed by atoms with Gasteiger partial charge >= 0.3 is 0 Å². The first-order chi connectivity index (χ1) is 8.47. The maximum absolute atomic E-state index is 5.84. The summed E-state index contributed by atoms with van der Waals surface area (Å²) in [7, 11) is 0. The van der Waals surface area contributed by atoms with E-state index in [1.54, 1.807) is 0 Å². The fourth-order valence-electron chi connectivity index (χ4n) is 1.63. The van der Waals surface area contributed by atoms with Crippen molar-refractivity contribution in [3.8, 4) is 0 Å². The van der Waals surface area contributed by atoms with Crippen LogP contribution >= 0.6 is 15.9 Å². The SMILES string of the molecule is Cc1nc(N)c(C)c(Nc2cc(Br)ccc2C)n1. The average molecular weight is 307 g/mol. The molecule has 3 N–H and O–H groups in total. The molecule has 2 rings (SSSR count). The third-order valence-electron chi connectivity index (χ3n) is 2.75. The Labute approximate surface area is 115 Å². The van der Waals surface area contributed by atoms with E-state index in [9.17, 15) is 0 Å². The molecule has 0 atom stereocenters. The zero-order valence-electron chi connectivity index (χ0n) is 10.6. The van der Waals surface area contributed by atoms with E-state index >= 15 is 0 Å². The van der Waals surface area contributed by atoms with E-state index in [4.69, 9.17) is 5.73 Å². The number of halogens is 1. The van der Waals surface area contributed by atoms with Crippen LogP contribution in [0.4, 0.5) is 17.3 Å². The fraction of sp³-hybridized carbons (Fsp3) is 0.231. The summed E-state index contributed by atoms with van der Waals surface area (Å²) in [5.74, 6) is 1.92. The lowest BCUT2D eigenvalue weighted by Gasteiger charge is -2.13. The second-order valence-corrected chi connectivity index (χ2v) is 5.13. The number of rotatable bonds is 2. The first-order valence-electron chi connectivity index (χ1n) is 5.61. The molecule has 0 spiro atoms. The van der Waals surface area contributed by atoms with Crippen molar-refractivity contribution in [3.05, 3.63) is 39.6 Å². The number of anilines is 3. The molecule has 0 saturated heterocycles. The van der Waals surface area contributed by atoms with Crippen molar-refractivity contribution in [1.82, 2.24) is 9.97 Å². The quantitative estimate of drug-likeness (QED) is 0.891. The molecule has 0 unspecified atom stereocenters. The molecule has 0 saturated carbocycles. The number of hydrogen-bond donors (Lipinski definition) is 2. The van der Waals surface area contributed by atoms with Crippen LogP contribution < -0.4 is 11.1 Å². The van der Waals surface area contributed by atoms with Crippen molar-refractivity contribution in [3.63, 3.8) is 0 Å².